The van der Waals surface area contributed by atoms with Crippen molar-refractivity contribution in [2.24, 2.45) is 0 Å². The summed E-state index contributed by atoms with van der Waals surface area (Å²) >= 11 is 0. The summed E-state index contributed by atoms with van der Waals surface area (Å²) in [5.74, 6) is -1.54. The zero-order chi connectivity index (χ0) is 15.2. The molecule has 0 aliphatic rings. The van der Waals surface area contributed by atoms with Crippen LogP contribution in [0.2, 0.25) is 0 Å². The molecule has 1 amide bonds. The standard InChI is InChI=1S/C16H13F2NO2/c17-13-6-4-12(5-7-13)15(20)10-19-16(21)9-11-2-1-3-14(18)8-11/h1-8H,9-10H2,(H,19,21). The minimum absolute atomic E-state index is 0.00550. The summed E-state index contributed by atoms with van der Waals surface area (Å²) in [5.41, 5.74) is 0.851. The van der Waals surface area contributed by atoms with Crippen molar-refractivity contribution in [3.05, 3.63) is 71.3 Å². The van der Waals surface area contributed by atoms with Crippen LogP contribution in [0, 0.1) is 11.6 Å². The van der Waals surface area contributed by atoms with Crippen molar-refractivity contribution < 1.29 is 18.4 Å². The Labute approximate surface area is 120 Å². The van der Waals surface area contributed by atoms with Crippen LogP contribution in [0.4, 0.5) is 8.78 Å². The highest BCUT2D eigenvalue weighted by atomic mass is 19.1. The van der Waals surface area contributed by atoms with Crippen LogP contribution >= 0.6 is 0 Å². The van der Waals surface area contributed by atoms with Gasteiger partial charge in [0.25, 0.3) is 0 Å². The SMILES string of the molecule is O=C(Cc1cccc(F)c1)NCC(=O)c1ccc(F)cc1. The number of rotatable bonds is 5. The predicted octanol–water partition coefficient (Wildman–Crippen LogP) is 2.51. The van der Waals surface area contributed by atoms with Crippen molar-refractivity contribution in [1.29, 1.82) is 0 Å². The molecule has 3 nitrogen and oxygen atoms in total. The molecule has 2 rings (SSSR count). The predicted molar refractivity (Wildman–Crippen MR) is 73.8 cm³/mol. The molecule has 2 aromatic rings. The lowest BCUT2D eigenvalue weighted by molar-refractivity contribution is -0.120. The molecule has 0 aliphatic carbocycles. The summed E-state index contributed by atoms with van der Waals surface area (Å²) < 4.78 is 25.7. The Bertz CT molecular complexity index is 654. The lowest BCUT2D eigenvalue weighted by atomic mass is 10.1. The van der Waals surface area contributed by atoms with Crippen LogP contribution in [0.3, 0.4) is 0 Å². The molecule has 0 aromatic heterocycles. The molecule has 0 spiro atoms. The van der Waals surface area contributed by atoms with Gasteiger partial charge in [0.05, 0.1) is 13.0 Å². The van der Waals surface area contributed by atoms with E-state index in [1.165, 1.54) is 42.5 Å². The number of nitrogens with one attached hydrogen (secondary N) is 1. The molecular formula is C16H13F2NO2. The van der Waals surface area contributed by atoms with Gasteiger partial charge >= 0.3 is 0 Å². The van der Waals surface area contributed by atoms with Crippen LogP contribution < -0.4 is 5.32 Å². The molecule has 0 fully saturated rings. The molecule has 0 aliphatic heterocycles. The third-order valence-electron chi connectivity index (χ3n) is 2.87. The van der Waals surface area contributed by atoms with E-state index in [1.54, 1.807) is 6.07 Å². The van der Waals surface area contributed by atoms with Crippen LogP contribution in [0.15, 0.2) is 48.5 Å². The van der Waals surface area contributed by atoms with E-state index < -0.39 is 11.6 Å². The average molecular weight is 289 g/mol. The smallest absolute Gasteiger partial charge is 0.224 e. The zero-order valence-electron chi connectivity index (χ0n) is 11.1. The third-order valence-corrected chi connectivity index (χ3v) is 2.87. The first-order valence-electron chi connectivity index (χ1n) is 6.34. The lowest BCUT2D eigenvalue weighted by Crippen LogP contribution is -2.30. The molecule has 0 saturated heterocycles. The Morgan fingerprint density at radius 2 is 1.67 bits per heavy atom. The second kappa shape index (κ2) is 6.74. The van der Waals surface area contributed by atoms with E-state index in [4.69, 9.17) is 0 Å². The number of benzene rings is 2. The van der Waals surface area contributed by atoms with E-state index in [0.29, 0.717) is 11.1 Å². The fourth-order valence-electron chi connectivity index (χ4n) is 1.81. The van der Waals surface area contributed by atoms with Gasteiger partial charge in [0.2, 0.25) is 5.91 Å². The Morgan fingerprint density at radius 1 is 0.952 bits per heavy atom. The summed E-state index contributed by atoms with van der Waals surface area (Å²) in [6, 6.07) is 10.8. The first kappa shape index (κ1) is 14.8. The molecule has 1 N–H and O–H groups in total. The minimum Gasteiger partial charge on any atom is -0.348 e. The van der Waals surface area contributed by atoms with Gasteiger partial charge in [0, 0.05) is 5.56 Å². The summed E-state index contributed by atoms with van der Waals surface area (Å²) in [6.45, 7) is -0.181. The average Bonchev–Trinajstić information content (AvgIpc) is 2.45. The number of carbonyl (C=O) groups is 2. The molecule has 5 heteroatoms. The summed E-state index contributed by atoms with van der Waals surface area (Å²) in [6.07, 6.45) is -0.00550. The van der Waals surface area contributed by atoms with E-state index in [0.717, 1.165) is 0 Å². The van der Waals surface area contributed by atoms with E-state index in [2.05, 4.69) is 5.32 Å². The monoisotopic (exact) mass is 289 g/mol. The fraction of sp³-hybridized carbons (Fsp3) is 0.125. The normalized spacial score (nSPS) is 10.2. The summed E-state index contributed by atoms with van der Waals surface area (Å²) in [4.78, 5) is 23.4. The molecule has 2 aromatic carbocycles. The molecule has 0 saturated carbocycles. The molecular weight excluding hydrogens is 276 g/mol. The minimum atomic E-state index is -0.429. The number of hydrogen-bond acceptors (Lipinski definition) is 2. The Kier molecular flexibility index (Phi) is 4.77. The maximum absolute atomic E-state index is 13.0. The molecule has 0 unspecified atom stereocenters. The maximum atomic E-state index is 13.0. The van der Waals surface area contributed by atoms with E-state index in [1.807, 2.05) is 0 Å². The quantitative estimate of drug-likeness (QED) is 0.860. The van der Waals surface area contributed by atoms with Gasteiger partial charge < -0.3 is 5.32 Å². The highest BCUT2D eigenvalue weighted by molar-refractivity contribution is 5.99. The van der Waals surface area contributed by atoms with Gasteiger partial charge in [-0.15, -0.1) is 0 Å². The molecule has 0 radical (unpaired) electrons. The van der Waals surface area contributed by atoms with Gasteiger partial charge in [0.15, 0.2) is 5.78 Å². The van der Waals surface area contributed by atoms with Gasteiger partial charge in [-0.3, -0.25) is 9.59 Å². The number of Topliss-reactive ketones (excluding diaryl/α,β-unsaturated/α-hetero) is 1. The Hall–Kier alpha value is -2.56. The fourth-order valence-corrected chi connectivity index (χ4v) is 1.81. The lowest BCUT2D eigenvalue weighted by Gasteiger charge is -2.05. The topological polar surface area (TPSA) is 46.2 Å². The number of halogens is 2. The third kappa shape index (κ3) is 4.49. The summed E-state index contributed by atoms with van der Waals surface area (Å²) in [7, 11) is 0. The second-order valence-corrected chi connectivity index (χ2v) is 4.51. The molecule has 0 heterocycles. The molecule has 21 heavy (non-hydrogen) atoms. The van der Waals surface area contributed by atoms with Crippen LogP contribution in [0.25, 0.3) is 0 Å². The van der Waals surface area contributed by atoms with Gasteiger partial charge in [0.1, 0.15) is 11.6 Å². The van der Waals surface area contributed by atoms with Crippen LogP contribution in [-0.2, 0) is 11.2 Å². The van der Waals surface area contributed by atoms with Gasteiger partial charge in [-0.1, -0.05) is 12.1 Å². The second-order valence-electron chi connectivity index (χ2n) is 4.51. The van der Waals surface area contributed by atoms with E-state index >= 15 is 0 Å². The zero-order valence-corrected chi connectivity index (χ0v) is 11.1. The van der Waals surface area contributed by atoms with Crippen LogP contribution in [0.5, 0.6) is 0 Å². The Morgan fingerprint density at radius 3 is 2.33 bits per heavy atom. The number of ketones is 1. The highest BCUT2D eigenvalue weighted by Crippen LogP contribution is 2.05. The van der Waals surface area contributed by atoms with Crippen molar-refractivity contribution in [2.75, 3.05) is 6.54 Å². The van der Waals surface area contributed by atoms with Gasteiger partial charge in [-0.2, -0.15) is 0 Å². The van der Waals surface area contributed by atoms with Gasteiger partial charge in [-0.05, 0) is 42.0 Å². The van der Waals surface area contributed by atoms with Crippen molar-refractivity contribution in [3.63, 3.8) is 0 Å². The number of carbonyl (C=O) groups excluding carboxylic acids is 2. The van der Waals surface area contributed by atoms with Crippen LogP contribution in [-0.4, -0.2) is 18.2 Å². The van der Waals surface area contributed by atoms with E-state index in [-0.39, 0.29) is 24.7 Å². The van der Waals surface area contributed by atoms with Crippen molar-refractivity contribution in [1.82, 2.24) is 5.32 Å². The van der Waals surface area contributed by atoms with Crippen molar-refractivity contribution >= 4 is 11.7 Å². The molecule has 0 bridgehead atoms. The largest absolute Gasteiger partial charge is 0.348 e. The maximum Gasteiger partial charge on any atom is 0.224 e. The number of amides is 1. The molecule has 0 atom stereocenters. The number of hydrogen-bond donors (Lipinski definition) is 1. The first-order chi connectivity index (χ1) is 10.0. The van der Waals surface area contributed by atoms with E-state index in [9.17, 15) is 18.4 Å². The van der Waals surface area contributed by atoms with Crippen molar-refractivity contribution in [2.45, 2.75) is 6.42 Å². The first-order valence-corrected chi connectivity index (χ1v) is 6.34. The summed E-state index contributed by atoms with van der Waals surface area (Å²) in [5, 5.41) is 2.46. The van der Waals surface area contributed by atoms with Gasteiger partial charge in [-0.25, -0.2) is 8.78 Å². The molecule has 108 valence electrons. The Balaban J connectivity index is 1.86. The van der Waals surface area contributed by atoms with Crippen LogP contribution in [0.1, 0.15) is 15.9 Å². The van der Waals surface area contributed by atoms with Crippen molar-refractivity contribution in [3.8, 4) is 0 Å². The highest BCUT2D eigenvalue weighted by Gasteiger charge is 2.09.